The van der Waals surface area contributed by atoms with Crippen molar-refractivity contribution in [3.63, 3.8) is 0 Å². The second-order valence-electron chi connectivity index (χ2n) is 4.78. The SMILES string of the molecule is CCCc1nc(NN)c(C)c(N2CCCSCC2)n1. The molecule has 1 aromatic rings. The molecule has 0 saturated carbocycles. The quantitative estimate of drug-likeness (QED) is 0.649. The first-order valence-corrected chi connectivity index (χ1v) is 8.08. The third-order valence-corrected chi connectivity index (χ3v) is 4.35. The Morgan fingerprint density at radius 3 is 2.89 bits per heavy atom. The van der Waals surface area contributed by atoms with Gasteiger partial charge in [0.25, 0.3) is 0 Å². The standard InChI is InChI=1S/C13H23N5S/c1-3-5-11-15-12(17-14)10(2)13(16-11)18-6-4-8-19-9-7-18/h3-9,14H2,1-2H3,(H,15,16,17). The molecule has 0 aliphatic carbocycles. The number of thioether (sulfide) groups is 1. The van der Waals surface area contributed by atoms with E-state index in [1.54, 1.807) is 0 Å². The fourth-order valence-corrected chi connectivity index (χ4v) is 3.18. The first-order chi connectivity index (χ1) is 9.26. The number of nitrogens with zero attached hydrogens (tertiary/aromatic N) is 3. The first-order valence-electron chi connectivity index (χ1n) is 6.93. The van der Waals surface area contributed by atoms with Crippen molar-refractivity contribution < 1.29 is 0 Å². The van der Waals surface area contributed by atoms with Crippen molar-refractivity contribution in [2.45, 2.75) is 33.1 Å². The topological polar surface area (TPSA) is 67.1 Å². The van der Waals surface area contributed by atoms with E-state index < -0.39 is 0 Å². The zero-order valence-electron chi connectivity index (χ0n) is 11.8. The highest BCUT2D eigenvalue weighted by Crippen LogP contribution is 2.25. The molecule has 0 unspecified atom stereocenters. The van der Waals surface area contributed by atoms with Crippen LogP contribution < -0.4 is 16.2 Å². The predicted molar refractivity (Wildman–Crippen MR) is 82.7 cm³/mol. The van der Waals surface area contributed by atoms with Crippen LogP contribution in [0.5, 0.6) is 0 Å². The van der Waals surface area contributed by atoms with E-state index in [0.29, 0.717) is 0 Å². The molecule has 0 bridgehead atoms. The van der Waals surface area contributed by atoms with Gasteiger partial charge in [-0.2, -0.15) is 11.8 Å². The zero-order chi connectivity index (χ0) is 13.7. The normalized spacial score (nSPS) is 16.3. The molecular weight excluding hydrogens is 258 g/mol. The average Bonchev–Trinajstić information content (AvgIpc) is 2.69. The van der Waals surface area contributed by atoms with Gasteiger partial charge in [0.1, 0.15) is 17.5 Å². The maximum Gasteiger partial charge on any atom is 0.148 e. The summed E-state index contributed by atoms with van der Waals surface area (Å²) in [5, 5.41) is 0. The Bertz CT molecular complexity index is 416. The van der Waals surface area contributed by atoms with Crippen LogP contribution in [0.25, 0.3) is 0 Å². The lowest BCUT2D eigenvalue weighted by Gasteiger charge is -2.24. The first kappa shape index (κ1) is 14.4. The van der Waals surface area contributed by atoms with E-state index in [2.05, 4.69) is 22.2 Å². The summed E-state index contributed by atoms with van der Waals surface area (Å²) in [5.74, 6) is 10.7. The number of hydrazine groups is 1. The lowest BCUT2D eigenvalue weighted by molar-refractivity contribution is 0.770. The van der Waals surface area contributed by atoms with Crippen LogP contribution in [0.1, 0.15) is 31.2 Å². The molecule has 3 N–H and O–H groups in total. The lowest BCUT2D eigenvalue weighted by atomic mass is 10.2. The Kier molecular flexibility index (Phi) is 5.27. The maximum absolute atomic E-state index is 5.58. The van der Waals surface area contributed by atoms with Gasteiger partial charge in [-0.3, -0.25) is 0 Å². The van der Waals surface area contributed by atoms with Gasteiger partial charge in [-0.1, -0.05) is 6.92 Å². The van der Waals surface area contributed by atoms with Gasteiger partial charge < -0.3 is 10.3 Å². The Labute approximate surface area is 119 Å². The fraction of sp³-hybridized carbons (Fsp3) is 0.692. The third-order valence-electron chi connectivity index (χ3n) is 3.30. The summed E-state index contributed by atoms with van der Waals surface area (Å²) in [6.07, 6.45) is 3.15. The monoisotopic (exact) mass is 281 g/mol. The van der Waals surface area contributed by atoms with Gasteiger partial charge in [-0.15, -0.1) is 0 Å². The highest BCUT2D eigenvalue weighted by molar-refractivity contribution is 7.99. The molecule has 5 nitrogen and oxygen atoms in total. The van der Waals surface area contributed by atoms with Crippen molar-refractivity contribution in [1.29, 1.82) is 0 Å². The summed E-state index contributed by atoms with van der Waals surface area (Å²) in [7, 11) is 0. The second-order valence-corrected chi connectivity index (χ2v) is 6.01. The van der Waals surface area contributed by atoms with Crippen LogP contribution in [0.2, 0.25) is 0 Å². The number of hydrogen-bond acceptors (Lipinski definition) is 6. The Morgan fingerprint density at radius 1 is 1.32 bits per heavy atom. The lowest BCUT2D eigenvalue weighted by Crippen LogP contribution is -2.28. The molecule has 2 rings (SSSR count). The Morgan fingerprint density at radius 2 is 2.16 bits per heavy atom. The number of aromatic nitrogens is 2. The van der Waals surface area contributed by atoms with Crippen LogP contribution in [-0.2, 0) is 6.42 Å². The van der Waals surface area contributed by atoms with E-state index in [0.717, 1.165) is 54.7 Å². The summed E-state index contributed by atoms with van der Waals surface area (Å²) < 4.78 is 0. The van der Waals surface area contributed by atoms with Crippen LogP contribution >= 0.6 is 11.8 Å². The Hall–Kier alpha value is -1.01. The van der Waals surface area contributed by atoms with Crippen molar-refractivity contribution in [2.24, 2.45) is 5.84 Å². The molecule has 1 fully saturated rings. The van der Waals surface area contributed by atoms with E-state index in [9.17, 15) is 0 Å². The minimum Gasteiger partial charge on any atom is -0.355 e. The fourth-order valence-electron chi connectivity index (χ4n) is 2.29. The molecular formula is C13H23N5S. The van der Waals surface area contributed by atoms with Gasteiger partial charge in [0.05, 0.1) is 0 Å². The molecule has 0 atom stereocenters. The van der Waals surface area contributed by atoms with Gasteiger partial charge in [0.15, 0.2) is 0 Å². The highest BCUT2D eigenvalue weighted by atomic mass is 32.2. The van der Waals surface area contributed by atoms with E-state index >= 15 is 0 Å². The molecule has 0 spiro atoms. The van der Waals surface area contributed by atoms with Crippen molar-refractivity contribution in [3.8, 4) is 0 Å². The summed E-state index contributed by atoms with van der Waals surface area (Å²) in [6, 6.07) is 0. The van der Waals surface area contributed by atoms with Gasteiger partial charge in [0, 0.05) is 30.8 Å². The number of hydrogen-bond donors (Lipinski definition) is 2. The smallest absolute Gasteiger partial charge is 0.148 e. The number of anilines is 2. The number of rotatable bonds is 4. The minimum atomic E-state index is 0.755. The van der Waals surface area contributed by atoms with Crippen LogP contribution in [0.3, 0.4) is 0 Å². The molecule has 0 aromatic carbocycles. The molecule has 19 heavy (non-hydrogen) atoms. The van der Waals surface area contributed by atoms with Crippen molar-refractivity contribution >= 4 is 23.4 Å². The molecule has 1 aromatic heterocycles. The predicted octanol–water partition coefficient (Wildman–Crippen LogP) is 1.97. The second kappa shape index (κ2) is 6.96. The number of nitrogens with one attached hydrogen (secondary N) is 1. The maximum atomic E-state index is 5.58. The van der Waals surface area contributed by atoms with Crippen LogP contribution in [0, 0.1) is 6.92 Å². The van der Waals surface area contributed by atoms with Crippen molar-refractivity contribution in [3.05, 3.63) is 11.4 Å². The zero-order valence-corrected chi connectivity index (χ0v) is 12.6. The van der Waals surface area contributed by atoms with Crippen LogP contribution in [0.15, 0.2) is 0 Å². The minimum absolute atomic E-state index is 0.755. The average molecular weight is 281 g/mol. The van der Waals surface area contributed by atoms with Gasteiger partial charge in [-0.25, -0.2) is 15.8 Å². The molecule has 106 valence electrons. The van der Waals surface area contributed by atoms with Crippen molar-refractivity contribution in [2.75, 3.05) is 34.9 Å². The highest BCUT2D eigenvalue weighted by Gasteiger charge is 2.17. The molecule has 0 amide bonds. The molecule has 6 heteroatoms. The Balaban J connectivity index is 2.32. The molecule has 0 radical (unpaired) electrons. The van der Waals surface area contributed by atoms with Crippen LogP contribution in [0.4, 0.5) is 11.6 Å². The van der Waals surface area contributed by atoms with E-state index in [1.165, 1.54) is 12.2 Å². The largest absolute Gasteiger partial charge is 0.355 e. The van der Waals surface area contributed by atoms with Crippen molar-refractivity contribution in [1.82, 2.24) is 9.97 Å². The summed E-state index contributed by atoms with van der Waals surface area (Å²) >= 11 is 2.02. The molecule has 1 aliphatic heterocycles. The summed E-state index contributed by atoms with van der Waals surface area (Å²) in [4.78, 5) is 11.6. The number of nitrogen functional groups attached to an aromatic ring is 1. The molecule has 1 saturated heterocycles. The van der Waals surface area contributed by atoms with Gasteiger partial charge >= 0.3 is 0 Å². The number of aryl methyl sites for hydroxylation is 1. The van der Waals surface area contributed by atoms with Crippen LogP contribution in [-0.4, -0.2) is 34.6 Å². The summed E-state index contributed by atoms with van der Waals surface area (Å²) in [5.41, 5.74) is 3.76. The number of nitrogens with two attached hydrogens (primary N) is 1. The molecule has 1 aliphatic rings. The van der Waals surface area contributed by atoms with E-state index in [-0.39, 0.29) is 0 Å². The van der Waals surface area contributed by atoms with Gasteiger partial charge in [0.2, 0.25) is 0 Å². The van der Waals surface area contributed by atoms with Gasteiger partial charge in [-0.05, 0) is 25.5 Å². The molecule has 2 heterocycles. The summed E-state index contributed by atoms with van der Waals surface area (Å²) in [6.45, 7) is 6.30. The van der Waals surface area contributed by atoms with E-state index in [1.807, 2.05) is 18.7 Å². The third kappa shape index (κ3) is 3.51. The van der Waals surface area contributed by atoms with E-state index in [4.69, 9.17) is 10.8 Å².